The van der Waals surface area contributed by atoms with Crippen molar-refractivity contribution in [2.24, 2.45) is 0 Å². The molecule has 0 aliphatic heterocycles. The van der Waals surface area contributed by atoms with Crippen molar-refractivity contribution < 1.29 is 9.72 Å². The number of carbonyl (C=O) groups is 1. The Kier molecular flexibility index (Phi) is 5.18. The highest BCUT2D eigenvalue weighted by molar-refractivity contribution is 5.91. The Labute approximate surface area is 127 Å². The summed E-state index contributed by atoms with van der Waals surface area (Å²) in [6.45, 7) is 2.45. The zero-order valence-electron chi connectivity index (χ0n) is 12.2. The quantitative estimate of drug-likeness (QED) is 0.623. The lowest BCUT2D eigenvalue weighted by Gasteiger charge is -2.07. The number of aryl methyl sites for hydroxylation is 2. The second-order valence-corrected chi connectivity index (χ2v) is 4.76. The molecule has 0 saturated heterocycles. The zero-order chi connectivity index (χ0) is 15.9. The van der Waals surface area contributed by atoms with Gasteiger partial charge in [-0.1, -0.05) is 13.0 Å². The van der Waals surface area contributed by atoms with Crippen LogP contribution in [-0.4, -0.2) is 25.6 Å². The van der Waals surface area contributed by atoms with Crippen LogP contribution in [0.25, 0.3) is 0 Å². The third-order valence-electron chi connectivity index (χ3n) is 3.20. The van der Waals surface area contributed by atoms with E-state index in [0.717, 1.165) is 0 Å². The van der Waals surface area contributed by atoms with Gasteiger partial charge in [-0.3, -0.25) is 19.6 Å². The van der Waals surface area contributed by atoms with Crippen molar-refractivity contribution in [2.45, 2.75) is 32.7 Å². The van der Waals surface area contributed by atoms with Crippen molar-refractivity contribution in [3.63, 3.8) is 0 Å². The normalized spacial score (nSPS) is 10.4. The molecule has 1 aromatic heterocycles. The molecule has 0 atom stereocenters. The Morgan fingerprint density at radius 2 is 2.27 bits per heavy atom. The van der Waals surface area contributed by atoms with E-state index >= 15 is 0 Å². The molecule has 0 bridgehead atoms. The van der Waals surface area contributed by atoms with Crippen molar-refractivity contribution in [2.75, 3.05) is 5.32 Å². The largest absolute Gasteiger partial charge is 0.326 e. The number of aromatic nitrogens is 3. The highest BCUT2D eigenvalue weighted by Gasteiger charge is 2.14. The Hall–Kier alpha value is -2.77. The summed E-state index contributed by atoms with van der Waals surface area (Å²) in [4.78, 5) is 26.2. The summed E-state index contributed by atoms with van der Waals surface area (Å²) in [5, 5.41) is 17.6. The molecule has 1 N–H and O–H groups in total. The van der Waals surface area contributed by atoms with Crippen LogP contribution in [0, 0.1) is 10.1 Å². The van der Waals surface area contributed by atoms with Gasteiger partial charge in [0, 0.05) is 30.3 Å². The van der Waals surface area contributed by atoms with Gasteiger partial charge in [-0.2, -0.15) is 5.10 Å². The van der Waals surface area contributed by atoms with E-state index in [1.165, 1.54) is 12.4 Å². The second kappa shape index (κ2) is 7.30. The average molecular weight is 303 g/mol. The maximum Gasteiger partial charge on any atom is 0.274 e. The van der Waals surface area contributed by atoms with Crippen molar-refractivity contribution in [3.8, 4) is 0 Å². The molecule has 1 heterocycles. The fraction of sp³-hybridized carbons (Fsp3) is 0.357. The van der Waals surface area contributed by atoms with E-state index in [0.29, 0.717) is 37.1 Å². The molecule has 0 fully saturated rings. The standard InChI is InChI=1S/C14H17N5O3/c1-2-11-5-6-12(8-13(11)19(21)22)17-14(20)4-3-7-18-10-15-9-16-18/h5-6,8-10H,2-4,7H2,1H3,(H,17,20). The molecule has 1 aromatic carbocycles. The van der Waals surface area contributed by atoms with Crippen LogP contribution in [-0.2, 0) is 17.8 Å². The number of benzene rings is 1. The van der Waals surface area contributed by atoms with Gasteiger partial charge in [0.1, 0.15) is 12.7 Å². The van der Waals surface area contributed by atoms with E-state index in [-0.39, 0.29) is 11.6 Å². The third-order valence-corrected chi connectivity index (χ3v) is 3.20. The van der Waals surface area contributed by atoms with Gasteiger partial charge in [-0.25, -0.2) is 4.98 Å². The van der Waals surface area contributed by atoms with Gasteiger partial charge in [0.25, 0.3) is 5.69 Å². The number of hydrogen-bond donors (Lipinski definition) is 1. The average Bonchev–Trinajstić information content (AvgIpc) is 3.00. The molecule has 116 valence electrons. The molecule has 0 saturated carbocycles. The van der Waals surface area contributed by atoms with Gasteiger partial charge in [-0.15, -0.1) is 0 Å². The SMILES string of the molecule is CCc1ccc(NC(=O)CCCn2cncn2)cc1[N+](=O)[O-]. The molecule has 0 aliphatic rings. The highest BCUT2D eigenvalue weighted by atomic mass is 16.6. The number of hydrogen-bond acceptors (Lipinski definition) is 5. The lowest BCUT2D eigenvalue weighted by Crippen LogP contribution is -2.13. The molecule has 2 aromatic rings. The molecular weight excluding hydrogens is 286 g/mol. The topological polar surface area (TPSA) is 103 Å². The van der Waals surface area contributed by atoms with Crippen molar-refractivity contribution >= 4 is 17.3 Å². The number of carbonyl (C=O) groups excluding carboxylic acids is 1. The van der Waals surface area contributed by atoms with Gasteiger partial charge in [0.15, 0.2) is 0 Å². The first-order chi connectivity index (χ1) is 10.6. The number of amides is 1. The van der Waals surface area contributed by atoms with Gasteiger partial charge in [0.05, 0.1) is 4.92 Å². The number of nitro groups is 1. The van der Waals surface area contributed by atoms with Crippen molar-refractivity contribution in [3.05, 3.63) is 46.5 Å². The predicted octanol–water partition coefficient (Wildman–Crippen LogP) is 2.17. The molecule has 1 amide bonds. The van der Waals surface area contributed by atoms with E-state index in [2.05, 4.69) is 15.4 Å². The molecule has 22 heavy (non-hydrogen) atoms. The van der Waals surface area contributed by atoms with E-state index in [1.807, 2.05) is 6.92 Å². The fourth-order valence-electron chi connectivity index (χ4n) is 2.08. The van der Waals surface area contributed by atoms with Crippen molar-refractivity contribution in [1.82, 2.24) is 14.8 Å². The maximum atomic E-state index is 11.9. The summed E-state index contributed by atoms with van der Waals surface area (Å²) in [7, 11) is 0. The first-order valence-corrected chi connectivity index (χ1v) is 6.99. The second-order valence-electron chi connectivity index (χ2n) is 4.76. The monoisotopic (exact) mass is 303 g/mol. The lowest BCUT2D eigenvalue weighted by atomic mass is 10.1. The molecule has 0 unspecified atom stereocenters. The summed E-state index contributed by atoms with van der Waals surface area (Å²) >= 11 is 0. The number of nitrogens with one attached hydrogen (secondary N) is 1. The van der Waals surface area contributed by atoms with Crippen LogP contribution in [0.5, 0.6) is 0 Å². The number of rotatable bonds is 7. The number of nitro benzene ring substituents is 1. The van der Waals surface area contributed by atoms with E-state index < -0.39 is 4.92 Å². The van der Waals surface area contributed by atoms with E-state index in [9.17, 15) is 14.9 Å². The lowest BCUT2D eigenvalue weighted by molar-refractivity contribution is -0.385. The molecule has 2 rings (SSSR count). The minimum atomic E-state index is -0.431. The molecular formula is C14H17N5O3. The van der Waals surface area contributed by atoms with Gasteiger partial charge >= 0.3 is 0 Å². The Morgan fingerprint density at radius 3 is 2.91 bits per heavy atom. The first-order valence-electron chi connectivity index (χ1n) is 6.99. The first kappa shape index (κ1) is 15.6. The van der Waals surface area contributed by atoms with E-state index in [1.54, 1.807) is 23.1 Å². The van der Waals surface area contributed by atoms with Crippen LogP contribution in [0.15, 0.2) is 30.9 Å². The van der Waals surface area contributed by atoms with E-state index in [4.69, 9.17) is 0 Å². The van der Waals surface area contributed by atoms with Crippen LogP contribution in [0.2, 0.25) is 0 Å². The van der Waals surface area contributed by atoms with Crippen LogP contribution < -0.4 is 5.32 Å². The Balaban J connectivity index is 1.90. The van der Waals surface area contributed by atoms with Crippen LogP contribution in [0.3, 0.4) is 0 Å². The molecule has 0 radical (unpaired) electrons. The molecule has 8 heteroatoms. The Bertz CT molecular complexity index is 655. The summed E-state index contributed by atoms with van der Waals surface area (Å²) in [6, 6.07) is 4.75. The van der Waals surface area contributed by atoms with Gasteiger partial charge in [-0.05, 0) is 18.9 Å². The smallest absolute Gasteiger partial charge is 0.274 e. The molecule has 8 nitrogen and oxygen atoms in total. The van der Waals surface area contributed by atoms with Crippen molar-refractivity contribution in [1.29, 1.82) is 0 Å². The minimum Gasteiger partial charge on any atom is -0.326 e. The fourth-order valence-corrected chi connectivity index (χ4v) is 2.08. The number of anilines is 1. The predicted molar refractivity (Wildman–Crippen MR) is 80.4 cm³/mol. The minimum absolute atomic E-state index is 0.0305. The van der Waals surface area contributed by atoms with Crippen LogP contribution in [0.1, 0.15) is 25.3 Å². The van der Waals surface area contributed by atoms with Crippen LogP contribution >= 0.6 is 0 Å². The van der Waals surface area contributed by atoms with Crippen LogP contribution in [0.4, 0.5) is 11.4 Å². The number of nitrogens with zero attached hydrogens (tertiary/aromatic N) is 4. The zero-order valence-corrected chi connectivity index (χ0v) is 12.2. The molecule has 0 aliphatic carbocycles. The summed E-state index contributed by atoms with van der Waals surface area (Å²) in [5.41, 5.74) is 1.12. The molecule has 0 spiro atoms. The maximum absolute atomic E-state index is 11.9. The van der Waals surface area contributed by atoms with Gasteiger partial charge < -0.3 is 5.32 Å². The highest BCUT2D eigenvalue weighted by Crippen LogP contribution is 2.23. The summed E-state index contributed by atoms with van der Waals surface area (Å²) in [6.07, 6.45) is 4.52. The third kappa shape index (κ3) is 4.11. The summed E-state index contributed by atoms with van der Waals surface area (Å²) < 4.78 is 1.65. The Morgan fingerprint density at radius 1 is 1.45 bits per heavy atom. The summed E-state index contributed by atoms with van der Waals surface area (Å²) in [5.74, 6) is -0.182. The van der Waals surface area contributed by atoms with Gasteiger partial charge in [0.2, 0.25) is 5.91 Å².